The molecule has 1 atom stereocenters. The number of hydrogen-bond acceptors (Lipinski definition) is 4. The number of rotatable bonds is 3. The average molecular weight is 340 g/mol. The van der Waals surface area contributed by atoms with Crippen LogP contribution < -0.4 is 5.32 Å². The van der Waals surface area contributed by atoms with Crippen molar-refractivity contribution in [1.82, 2.24) is 15.3 Å². The first-order valence-corrected chi connectivity index (χ1v) is 8.48. The second-order valence-corrected chi connectivity index (χ2v) is 6.40. The SMILES string of the molecule is Clc1ccc2ncnc(Cc3ccc([C@H]4CNCCO4)cc3)c2c1. The molecule has 0 radical (unpaired) electrons. The van der Waals surface area contributed by atoms with E-state index in [1.54, 1.807) is 6.33 Å². The topological polar surface area (TPSA) is 47.0 Å². The molecule has 1 N–H and O–H groups in total. The normalized spacial score (nSPS) is 18.0. The smallest absolute Gasteiger partial charge is 0.116 e. The van der Waals surface area contributed by atoms with E-state index in [2.05, 4.69) is 39.6 Å². The van der Waals surface area contributed by atoms with Gasteiger partial charge in [-0.1, -0.05) is 35.9 Å². The molecule has 122 valence electrons. The first kappa shape index (κ1) is 15.5. The number of aromatic nitrogens is 2. The zero-order chi connectivity index (χ0) is 16.4. The van der Waals surface area contributed by atoms with E-state index in [0.29, 0.717) is 5.02 Å². The minimum atomic E-state index is 0.145. The maximum absolute atomic E-state index is 6.13. The molecular weight excluding hydrogens is 322 g/mol. The predicted molar refractivity (Wildman–Crippen MR) is 95.4 cm³/mol. The van der Waals surface area contributed by atoms with Crippen LogP contribution in [-0.2, 0) is 11.2 Å². The summed E-state index contributed by atoms with van der Waals surface area (Å²) >= 11 is 6.13. The fourth-order valence-corrected chi connectivity index (χ4v) is 3.22. The number of nitrogens with one attached hydrogen (secondary N) is 1. The van der Waals surface area contributed by atoms with Gasteiger partial charge in [0.15, 0.2) is 0 Å². The molecule has 0 spiro atoms. The van der Waals surface area contributed by atoms with Crippen molar-refractivity contribution in [3.63, 3.8) is 0 Å². The van der Waals surface area contributed by atoms with E-state index < -0.39 is 0 Å². The number of hydrogen-bond donors (Lipinski definition) is 1. The molecule has 0 aliphatic carbocycles. The van der Waals surface area contributed by atoms with Gasteiger partial charge >= 0.3 is 0 Å². The molecule has 2 heterocycles. The lowest BCUT2D eigenvalue weighted by atomic mass is 10.0. The lowest BCUT2D eigenvalue weighted by Gasteiger charge is -2.24. The number of nitrogens with zero attached hydrogens (tertiary/aromatic N) is 2. The van der Waals surface area contributed by atoms with Crippen molar-refractivity contribution in [3.05, 3.63) is 70.6 Å². The van der Waals surface area contributed by atoms with Crippen LogP contribution in [0.5, 0.6) is 0 Å². The molecule has 24 heavy (non-hydrogen) atoms. The van der Waals surface area contributed by atoms with Crippen molar-refractivity contribution in [1.29, 1.82) is 0 Å². The quantitative estimate of drug-likeness (QED) is 0.793. The molecule has 1 saturated heterocycles. The molecule has 3 aromatic rings. The van der Waals surface area contributed by atoms with E-state index in [4.69, 9.17) is 16.3 Å². The Bertz CT molecular complexity index is 845. The third kappa shape index (κ3) is 3.26. The van der Waals surface area contributed by atoms with E-state index in [-0.39, 0.29) is 6.10 Å². The number of morpholine rings is 1. The van der Waals surface area contributed by atoms with E-state index in [1.807, 2.05) is 18.2 Å². The Morgan fingerprint density at radius 1 is 1.12 bits per heavy atom. The van der Waals surface area contributed by atoms with Gasteiger partial charge in [0.1, 0.15) is 6.33 Å². The van der Waals surface area contributed by atoms with Crippen LogP contribution in [0.3, 0.4) is 0 Å². The summed E-state index contributed by atoms with van der Waals surface area (Å²) in [5.41, 5.74) is 4.33. The minimum Gasteiger partial charge on any atom is -0.371 e. The van der Waals surface area contributed by atoms with Crippen LogP contribution in [0.4, 0.5) is 0 Å². The highest BCUT2D eigenvalue weighted by Gasteiger charge is 2.15. The molecule has 1 aliphatic rings. The zero-order valence-corrected chi connectivity index (χ0v) is 14.0. The second kappa shape index (κ2) is 6.85. The summed E-state index contributed by atoms with van der Waals surface area (Å²) in [7, 11) is 0. The minimum absolute atomic E-state index is 0.145. The van der Waals surface area contributed by atoms with Crippen LogP contribution in [0.15, 0.2) is 48.8 Å². The highest BCUT2D eigenvalue weighted by molar-refractivity contribution is 6.31. The highest BCUT2D eigenvalue weighted by atomic mass is 35.5. The van der Waals surface area contributed by atoms with Gasteiger partial charge in [0.25, 0.3) is 0 Å². The molecule has 4 nitrogen and oxygen atoms in total. The van der Waals surface area contributed by atoms with Crippen molar-refractivity contribution in [2.24, 2.45) is 0 Å². The fourth-order valence-electron chi connectivity index (χ4n) is 3.05. The summed E-state index contributed by atoms with van der Waals surface area (Å²) in [6, 6.07) is 14.3. The van der Waals surface area contributed by atoms with Gasteiger partial charge in [0, 0.05) is 29.9 Å². The molecule has 5 heteroatoms. The second-order valence-electron chi connectivity index (χ2n) is 5.96. The maximum Gasteiger partial charge on any atom is 0.116 e. The van der Waals surface area contributed by atoms with Gasteiger partial charge in [-0.05, 0) is 29.3 Å². The lowest BCUT2D eigenvalue weighted by Crippen LogP contribution is -2.33. The van der Waals surface area contributed by atoms with Gasteiger partial charge in [0.2, 0.25) is 0 Å². The number of fused-ring (bicyclic) bond motifs is 1. The van der Waals surface area contributed by atoms with Crippen LogP contribution in [0, 0.1) is 0 Å². The summed E-state index contributed by atoms with van der Waals surface area (Å²) in [6.45, 7) is 2.56. The van der Waals surface area contributed by atoms with Gasteiger partial charge in [-0.2, -0.15) is 0 Å². The van der Waals surface area contributed by atoms with Crippen LogP contribution in [0.1, 0.15) is 22.9 Å². The zero-order valence-electron chi connectivity index (χ0n) is 13.2. The van der Waals surface area contributed by atoms with Crippen LogP contribution in [0.2, 0.25) is 5.02 Å². The van der Waals surface area contributed by atoms with Gasteiger partial charge in [-0.15, -0.1) is 0 Å². The molecular formula is C19H18ClN3O. The predicted octanol–water partition coefficient (Wildman–Crippen LogP) is 3.53. The third-order valence-corrected chi connectivity index (χ3v) is 4.57. The summed E-state index contributed by atoms with van der Waals surface area (Å²) in [5.74, 6) is 0. The van der Waals surface area contributed by atoms with Crippen molar-refractivity contribution in [2.75, 3.05) is 19.7 Å². The molecule has 4 rings (SSSR count). The number of ether oxygens (including phenoxy) is 1. The van der Waals surface area contributed by atoms with Crippen molar-refractivity contribution in [2.45, 2.75) is 12.5 Å². The van der Waals surface area contributed by atoms with Crippen molar-refractivity contribution >= 4 is 22.5 Å². The molecule has 0 amide bonds. The average Bonchev–Trinajstić information content (AvgIpc) is 2.64. The third-order valence-electron chi connectivity index (χ3n) is 4.33. The van der Waals surface area contributed by atoms with Gasteiger partial charge < -0.3 is 10.1 Å². The van der Waals surface area contributed by atoms with Gasteiger partial charge in [-0.3, -0.25) is 0 Å². The Balaban J connectivity index is 1.58. The van der Waals surface area contributed by atoms with E-state index >= 15 is 0 Å². The number of halogens is 1. The number of benzene rings is 2. The summed E-state index contributed by atoms with van der Waals surface area (Å²) in [5, 5.41) is 5.07. The monoisotopic (exact) mass is 339 g/mol. The van der Waals surface area contributed by atoms with Crippen LogP contribution >= 0.6 is 11.6 Å². The summed E-state index contributed by atoms with van der Waals surface area (Å²) < 4.78 is 5.80. The van der Waals surface area contributed by atoms with Crippen molar-refractivity contribution < 1.29 is 4.74 Å². The molecule has 0 saturated carbocycles. The Morgan fingerprint density at radius 3 is 2.79 bits per heavy atom. The van der Waals surface area contributed by atoms with E-state index in [1.165, 1.54) is 11.1 Å². The maximum atomic E-state index is 6.13. The van der Waals surface area contributed by atoms with Gasteiger partial charge in [0.05, 0.1) is 23.9 Å². The van der Waals surface area contributed by atoms with E-state index in [0.717, 1.165) is 42.7 Å². The molecule has 1 aromatic heterocycles. The first-order chi connectivity index (χ1) is 11.8. The molecule has 2 aromatic carbocycles. The lowest BCUT2D eigenvalue weighted by molar-refractivity contribution is 0.0277. The van der Waals surface area contributed by atoms with E-state index in [9.17, 15) is 0 Å². The van der Waals surface area contributed by atoms with Crippen LogP contribution in [-0.4, -0.2) is 29.7 Å². The molecule has 0 bridgehead atoms. The van der Waals surface area contributed by atoms with Crippen molar-refractivity contribution in [3.8, 4) is 0 Å². The Hall–Kier alpha value is -2.01. The first-order valence-electron chi connectivity index (χ1n) is 8.10. The fraction of sp³-hybridized carbons (Fsp3) is 0.263. The molecule has 0 unspecified atom stereocenters. The standard InChI is InChI=1S/C19H18ClN3O/c20-15-5-6-17-16(10-15)18(23-12-22-17)9-13-1-3-14(4-2-13)19-11-21-7-8-24-19/h1-6,10,12,19,21H,7-9,11H2/t19-/m1/s1. The Morgan fingerprint density at radius 2 is 2.00 bits per heavy atom. The highest BCUT2D eigenvalue weighted by Crippen LogP contribution is 2.23. The molecule has 1 fully saturated rings. The Kier molecular flexibility index (Phi) is 4.43. The van der Waals surface area contributed by atoms with Gasteiger partial charge in [-0.25, -0.2) is 9.97 Å². The van der Waals surface area contributed by atoms with Crippen LogP contribution in [0.25, 0.3) is 10.9 Å². The summed E-state index contributed by atoms with van der Waals surface area (Å²) in [6.07, 6.45) is 2.51. The Labute approximate surface area is 145 Å². The summed E-state index contributed by atoms with van der Waals surface area (Å²) in [4.78, 5) is 8.76. The molecule has 1 aliphatic heterocycles. The largest absolute Gasteiger partial charge is 0.371 e.